The van der Waals surface area contributed by atoms with Gasteiger partial charge in [-0.15, -0.1) is 0 Å². The number of hydrogen-bond donors (Lipinski definition) is 4. The summed E-state index contributed by atoms with van der Waals surface area (Å²) in [6.07, 6.45) is -3.58. The van der Waals surface area contributed by atoms with Crippen molar-refractivity contribution in [2.45, 2.75) is 44.2 Å². The van der Waals surface area contributed by atoms with Crippen LogP contribution in [0, 0.1) is 0 Å². The van der Waals surface area contributed by atoms with Gasteiger partial charge in [0.05, 0.1) is 12.2 Å². The van der Waals surface area contributed by atoms with Crippen LogP contribution in [0.2, 0.25) is 0 Å². The second-order valence-corrected chi connectivity index (χ2v) is 4.52. The van der Waals surface area contributed by atoms with Crippen LogP contribution in [0.3, 0.4) is 0 Å². The SMILES string of the molecule is C[C@H](O)[C@@](O)(Cc1ccccc1)[C@@H](O)[C@@H](C)O. The minimum Gasteiger partial charge on any atom is -0.391 e. The van der Waals surface area contributed by atoms with Crippen molar-refractivity contribution in [3.8, 4) is 0 Å². The lowest BCUT2D eigenvalue weighted by molar-refractivity contribution is -0.168. The molecule has 0 saturated carbocycles. The standard InChI is InChI=1S/C13H20O4/c1-9(14)12(16)13(17,10(2)15)8-11-6-4-3-5-7-11/h3-7,9-10,12,14-17H,8H2,1-2H3/t9-,10+,12+,13+/m1/s1. The summed E-state index contributed by atoms with van der Waals surface area (Å²) in [5, 5.41) is 39.1. The van der Waals surface area contributed by atoms with Crippen molar-refractivity contribution in [1.82, 2.24) is 0 Å². The average Bonchev–Trinajstić information content (AvgIpc) is 2.28. The lowest BCUT2D eigenvalue weighted by Gasteiger charge is -2.37. The smallest absolute Gasteiger partial charge is 0.122 e. The molecule has 0 spiro atoms. The van der Waals surface area contributed by atoms with E-state index in [1.807, 2.05) is 18.2 Å². The Kier molecular flexibility index (Phi) is 4.65. The van der Waals surface area contributed by atoms with Crippen molar-refractivity contribution < 1.29 is 20.4 Å². The molecule has 4 nitrogen and oxygen atoms in total. The third-order valence-electron chi connectivity index (χ3n) is 3.02. The first kappa shape index (κ1) is 14.1. The molecule has 17 heavy (non-hydrogen) atoms. The van der Waals surface area contributed by atoms with E-state index in [-0.39, 0.29) is 6.42 Å². The molecule has 96 valence electrons. The van der Waals surface area contributed by atoms with E-state index in [0.29, 0.717) is 0 Å². The summed E-state index contributed by atoms with van der Waals surface area (Å²) in [5.41, 5.74) is -0.967. The van der Waals surface area contributed by atoms with Crippen molar-refractivity contribution >= 4 is 0 Å². The van der Waals surface area contributed by atoms with Crippen LogP contribution in [-0.4, -0.2) is 44.3 Å². The first-order valence-corrected chi connectivity index (χ1v) is 5.68. The highest BCUT2D eigenvalue weighted by Gasteiger charge is 2.42. The zero-order valence-electron chi connectivity index (χ0n) is 10.1. The Morgan fingerprint density at radius 2 is 1.59 bits per heavy atom. The van der Waals surface area contributed by atoms with Gasteiger partial charge in [0, 0.05) is 6.42 Å². The normalized spacial score (nSPS) is 20.4. The van der Waals surface area contributed by atoms with Gasteiger partial charge in [-0.2, -0.15) is 0 Å². The molecule has 4 heteroatoms. The topological polar surface area (TPSA) is 80.9 Å². The van der Waals surface area contributed by atoms with Gasteiger partial charge in [0.2, 0.25) is 0 Å². The monoisotopic (exact) mass is 240 g/mol. The van der Waals surface area contributed by atoms with Gasteiger partial charge in [0.1, 0.15) is 11.7 Å². The predicted octanol–water partition coefficient (Wildman–Crippen LogP) is 0.0827. The van der Waals surface area contributed by atoms with E-state index >= 15 is 0 Å². The first-order valence-electron chi connectivity index (χ1n) is 5.68. The zero-order valence-corrected chi connectivity index (χ0v) is 10.1. The zero-order chi connectivity index (χ0) is 13.1. The Bertz CT molecular complexity index is 337. The van der Waals surface area contributed by atoms with Crippen LogP contribution in [0.25, 0.3) is 0 Å². The summed E-state index contributed by atoms with van der Waals surface area (Å²) in [6, 6.07) is 9.05. The Balaban J connectivity index is 2.93. The van der Waals surface area contributed by atoms with E-state index in [1.54, 1.807) is 12.1 Å². The number of hydrogen-bond acceptors (Lipinski definition) is 4. The Morgan fingerprint density at radius 3 is 2.00 bits per heavy atom. The Labute approximate surface area is 101 Å². The molecule has 0 aliphatic carbocycles. The largest absolute Gasteiger partial charge is 0.391 e. The summed E-state index contributed by atoms with van der Waals surface area (Å²) in [4.78, 5) is 0. The lowest BCUT2D eigenvalue weighted by atomic mass is 9.82. The summed E-state index contributed by atoms with van der Waals surface area (Å²) in [7, 11) is 0. The van der Waals surface area contributed by atoms with Crippen LogP contribution in [0.5, 0.6) is 0 Å². The van der Waals surface area contributed by atoms with Gasteiger partial charge in [0.25, 0.3) is 0 Å². The van der Waals surface area contributed by atoms with E-state index in [2.05, 4.69) is 0 Å². The number of rotatable bonds is 5. The second-order valence-electron chi connectivity index (χ2n) is 4.52. The first-order chi connectivity index (χ1) is 7.88. The number of aliphatic hydroxyl groups excluding tert-OH is 3. The second kappa shape index (κ2) is 5.60. The van der Waals surface area contributed by atoms with E-state index in [4.69, 9.17) is 0 Å². The fourth-order valence-electron chi connectivity index (χ4n) is 1.84. The van der Waals surface area contributed by atoms with Crippen molar-refractivity contribution in [2.75, 3.05) is 0 Å². The van der Waals surface area contributed by atoms with Crippen LogP contribution in [-0.2, 0) is 6.42 Å². The average molecular weight is 240 g/mol. The van der Waals surface area contributed by atoms with E-state index in [0.717, 1.165) is 5.56 Å². The minimum atomic E-state index is -1.75. The molecule has 0 amide bonds. The van der Waals surface area contributed by atoms with Crippen LogP contribution >= 0.6 is 0 Å². The molecule has 4 N–H and O–H groups in total. The minimum absolute atomic E-state index is 0.0809. The molecule has 0 saturated heterocycles. The van der Waals surface area contributed by atoms with Gasteiger partial charge < -0.3 is 20.4 Å². The third-order valence-corrected chi connectivity index (χ3v) is 3.02. The number of benzene rings is 1. The van der Waals surface area contributed by atoms with E-state index < -0.39 is 23.9 Å². The highest BCUT2D eigenvalue weighted by molar-refractivity contribution is 5.18. The van der Waals surface area contributed by atoms with Gasteiger partial charge in [-0.05, 0) is 19.4 Å². The molecule has 0 heterocycles. The molecule has 0 aliphatic rings. The highest BCUT2D eigenvalue weighted by atomic mass is 16.4. The molecule has 0 fully saturated rings. The molecule has 0 bridgehead atoms. The van der Waals surface area contributed by atoms with Crippen LogP contribution in [0.1, 0.15) is 19.4 Å². The third kappa shape index (κ3) is 3.26. The molecule has 0 unspecified atom stereocenters. The van der Waals surface area contributed by atoms with Crippen molar-refractivity contribution in [3.63, 3.8) is 0 Å². The molecule has 1 aromatic carbocycles. The maximum absolute atomic E-state index is 10.3. The van der Waals surface area contributed by atoms with E-state index in [9.17, 15) is 20.4 Å². The van der Waals surface area contributed by atoms with Gasteiger partial charge in [-0.25, -0.2) is 0 Å². The molecule has 4 atom stereocenters. The molecule has 1 rings (SSSR count). The van der Waals surface area contributed by atoms with Gasteiger partial charge in [-0.1, -0.05) is 30.3 Å². The van der Waals surface area contributed by atoms with Gasteiger partial charge in [0.15, 0.2) is 0 Å². The fraction of sp³-hybridized carbons (Fsp3) is 0.538. The quantitative estimate of drug-likeness (QED) is 0.587. The van der Waals surface area contributed by atoms with Crippen molar-refractivity contribution in [1.29, 1.82) is 0 Å². The summed E-state index contributed by atoms with van der Waals surface area (Å²) >= 11 is 0. The van der Waals surface area contributed by atoms with Gasteiger partial charge in [-0.3, -0.25) is 0 Å². The molecule has 0 aromatic heterocycles. The maximum Gasteiger partial charge on any atom is 0.122 e. The molecule has 0 aliphatic heterocycles. The van der Waals surface area contributed by atoms with Crippen LogP contribution in [0.4, 0.5) is 0 Å². The van der Waals surface area contributed by atoms with Gasteiger partial charge >= 0.3 is 0 Å². The molecular formula is C13H20O4. The summed E-state index contributed by atoms with van der Waals surface area (Å²) < 4.78 is 0. The summed E-state index contributed by atoms with van der Waals surface area (Å²) in [6.45, 7) is 2.78. The van der Waals surface area contributed by atoms with Crippen molar-refractivity contribution in [2.24, 2.45) is 0 Å². The predicted molar refractivity (Wildman–Crippen MR) is 64.5 cm³/mol. The molecule has 1 aromatic rings. The fourth-order valence-corrected chi connectivity index (χ4v) is 1.84. The molecular weight excluding hydrogens is 220 g/mol. The Morgan fingerprint density at radius 1 is 1.06 bits per heavy atom. The summed E-state index contributed by atoms with van der Waals surface area (Å²) in [5.74, 6) is 0. The Hall–Kier alpha value is -0.940. The van der Waals surface area contributed by atoms with Crippen LogP contribution in [0.15, 0.2) is 30.3 Å². The lowest BCUT2D eigenvalue weighted by Crippen LogP contribution is -2.56. The van der Waals surface area contributed by atoms with Crippen LogP contribution < -0.4 is 0 Å². The highest BCUT2D eigenvalue weighted by Crippen LogP contribution is 2.24. The maximum atomic E-state index is 10.3. The van der Waals surface area contributed by atoms with E-state index in [1.165, 1.54) is 13.8 Å². The number of aliphatic hydroxyl groups is 4. The van der Waals surface area contributed by atoms with Crippen molar-refractivity contribution in [3.05, 3.63) is 35.9 Å². The molecule has 0 radical (unpaired) electrons.